The first-order chi connectivity index (χ1) is 13.5. The van der Waals surface area contributed by atoms with Crippen molar-refractivity contribution in [2.45, 2.75) is 70.4 Å². The van der Waals surface area contributed by atoms with E-state index in [1.54, 1.807) is 0 Å². The second-order valence-corrected chi connectivity index (χ2v) is 8.77. The van der Waals surface area contributed by atoms with Crippen molar-refractivity contribution >= 4 is 5.91 Å². The number of hydrogen-bond acceptors (Lipinski definition) is 3. The van der Waals surface area contributed by atoms with Gasteiger partial charge in [-0.1, -0.05) is 48.4 Å². The zero-order chi connectivity index (χ0) is 20.0. The number of nitrogens with one attached hydrogen (secondary N) is 1. The van der Waals surface area contributed by atoms with Gasteiger partial charge in [0.05, 0.1) is 0 Å². The highest BCUT2D eigenvalue weighted by Crippen LogP contribution is 2.42. The number of nitrogens with zero attached hydrogens (tertiary/aromatic N) is 1. The summed E-state index contributed by atoms with van der Waals surface area (Å²) in [6, 6.07) is 9.66. The highest BCUT2D eigenvalue weighted by Gasteiger charge is 2.48. The first-order valence-corrected chi connectivity index (χ1v) is 10.9. The van der Waals surface area contributed by atoms with Crippen molar-refractivity contribution in [3.05, 3.63) is 47.5 Å². The van der Waals surface area contributed by atoms with Crippen molar-refractivity contribution in [1.82, 2.24) is 10.2 Å². The molecule has 0 spiro atoms. The van der Waals surface area contributed by atoms with Crippen molar-refractivity contribution in [1.29, 1.82) is 0 Å². The van der Waals surface area contributed by atoms with Gasteiger partial charge in [0.25, 0.3) is 5.91 Å². The lowest BCUT2D eigenvalue weighted by Gasteiger charge is -2.42. The van der Waals surface area contributed by atoms with E-state index in [4.69, 9.17) is 0 Å². The predicted molar refractivity (Wildman–Crippen MR) is 114 cm³/mol. The standard InChI is InChI=1S/C24H36N2O2/c1-19(2)9-6-7-16-26-17-14-22(15-18-26)25-23(27)24(28,21-12-8-13-21)20-10-4-3-5-11-20/h3-5,9-11,21-22,28H,6-8,12-18H2,1-2H3,(H,25,27). The molecule has 2 fully saturated rings. The van der Waals surface area contributed by atoms with Gasteiger partial charge in [0.2, 0.25) is 0 Å². The Morgan fingerprint density at radius 3 is 2.43 bits per heavy atom. The van der Waals surface area contributed by atoms with Gasteiger partial charge in [-0.05, 0) is 64.5 Å². The molecule has 1 atom stereocenters. The van der Waals surface area contributed by atoms with Crippen LogP contribution in [0.4, 0.5) is 0 Å². The lowest BCUT2D eigenvalue weighted by Crippen LogP contribution is -2.55. The first-order valence-electron chi connectivity index (χ1n) is 10.9. The Balaban J connectivity index is 1.52. The van der Waals surface area contributed by atoms with Crippen LogP contribution < -0.4 is 5.32 Å². The molecule has 0 aromatic heterocycles. The fraction of sp³-hybridized carbons (Fsp3) is 0.625. The predicted octanol–water partition coefficient (Wildman–Crippen LogP) is 4.00. The lowest BCUT2D eigenvalue weighted by molar-refractivity contribution is -0.153. The Labute approximate surface area is 170 Å². The third-order valence-electron chi connectivity index (χ3n) is 6.41. The molecule has 154 valence electrons. The number of aliphatic hydroxyl groups is 1. The summed E-state index contributed by atoms with van der Waals surface area (Å²) in [6.07, 6.45) is 9.50. The largest absolute Gasteiger partial charge is 0.375 e. The molecule has 1 saturated carbocycles. The number of rotatable bonds is 8. The Morgan fingerprint density at radius 2 is 1.86 bits per heavy atom. The summed E-state index contributed by atoms with van der Waals surface area (Å²) in [6.45, 7) is 7.46. The second-order valence-electron chi connectivity index (χ2n) is 8.77. The van der Waals surface area contributed by atoms with Gasteiger partial charge in [0.1, 0.15) is 0 Å². The highest BCUT2D eigenvalue weighted by atomic mass is 16.3. The van der Waals surface area contributed by atoms with Gasteiger partial charge in [-0.15, -0.1) is 0 Å². The summed E-state index contributed by atoms with van der Waals surface area (Å²) in [5.41, 5.74) is 0.730. The molecule has 28 heavy (non-hydrogen) atoms. The number of amides is 1. The summed E-state index contributed by atoms with van der Waals surface area (Å²) in [7, 11) is 0. The maximum Gasteiger partial charge on any atom is 0.257 e. The van der Waals surface area contributed by atoms with E-state index in [-0.39, 0.29) is 17.9 Å². The van der Waals surface area contributed by atoms with Crippen LogP contribution in [0.1, 0.15) is 64.4 Å². The minimum atomic E-state index is -1.39. The molecule has 1 aliphatic carbocycles. The van der Waals surface area contributed by atoms with Gasteiger partial charge in [-0.3, -0.25) is 4.79 Å². The zero-order valence-electron chi connectivity index (χ0n) is 17.5. The van der Waals surface area contributed by atoms with Crippen LogP contribution in [0.2, 0.25) is 0 Å². The van der Waals surface area contributed by atoms with Gasteiger partial charge >= 0.3 is 0 Å². The minimum Gasteiger partial charge on any atom is -0.375 e. The van der Waals surface area contributed by atoms with E-state index < -0.39 is 5.60 Å². The van der Waals surface area contributed by atoms with Gasteiger partial charge in [0.15, 0.2) is 5.60 Å². The minimum absolute atomic E-state index is 0.0325. The van der Waals surface area contributed by atoms with Crippen LogP contribution in [0.25, 0.3) is 0 Å². The molecule has 1 heterocycles. The highest BCUT2D eigenvalue weighted by molar-refractivity contribution is 5.87. The van der Waals surface area contributed by atoms with Gasteiger partial charge in [-0.2, -0.15) is 0 Å². The third kappa shape index (κ3) is 5.03. The normalized spacial score (nSPS) is 20.8. The van der Waals surface area contributed by atoms with E-state index in [1.165, 1.54) is 12.0 Å². The van der Waals surface area contributed by atoms with E-state index in [9.17, 15) is 9.90 Å². The number of benzene rings is 1. The average Bonchev–Trinajstić information content (AvgIpc) is 2.65. The molecule has 4 heteroatoms. The van der Waals surface area contributed by atoms with Crippen LogP contribution in [0.15, 0.2) is 42.0 Å². The second kappa shape index (κ2) is 9.71. The monoisotopic (exact) mass is 384 g/mol. The molecular formula is C24H36N2O2. The Morgan fingerprint density at radius 1 is 1.18 bits per heavy atom. The Hall–Kier alpha value is -1.65. The molecule has 2 N–H and O–H groups in total. The third-order valence-corrected chi connectivity index (χ3v) is 6.41. The van der Waals surface area contributed by atoms with Crippen LogP contribution in [0.5, 0.6) is 0 Å². The number of hydrogen-bond donors (Lipinski definition) is 2. The molecule has 1 unspecified atom stereocenters. The molecule has 0 radical (unpaired) electrons. The summed E-state index contributed by atoms with van der Waals surface area (Å²) in [5.74, 6) is -0.171. The Bertz CT molecular complexity index is 656. The molecule has 1 amide bonds. The summed E-state index contributed by atoms with van der Waals surface area (Å²) >= 11 is 0. The van der Waals surface area contributed by atoms with E-state index in [2.05, 4.69) is 30.1 Å². The van der Waals surface area contributed by atoms with Gasteiger partial charge < -0.3 is 15.3 Å². The van der Waals surface area contributed by atoms with E-state index in [1.807, 2.05) is 30.3 Å². The Kier molecular flexibility index (Phi) is 7.30. The van der Waals surface area contributed by atoms with Crippen molar-refractivity contribution in [3.8, 4) is 0 Å². The van der Waals surface area contributed by atoms with Gasteiger partial charge in [0, 0.05) is 25.0 Å². The maximum atomic E-state index is 13.1. The van der Waals surface area contributed by atoms with Crippen LogP contribution in [0, 0.1) is 5.92 Å². The van der Waals surface area contributed by atoms with Crippen molar-refractivity contribution in [2.75, 3.05) is 19.6 Å². The number of allylic oxidation sites excluding steroid dienone is 2. The van der Waals surface area contributed by atoms with Gasteiger partial charge in [-0.25, -0.2) is 0 Å². The number of carbonyl (C=O) groups excluding carboxylic acids is 1. The summed E-state index contributed by atoms with van der Waals surface area (Å²) in [4.78, 5) is 15.6. The zero-order valence-corrected chi connectivity index (χ0v) is 17.5. The topological polar surface area (TPSA) is 52.6 Å². The van der Waals surface area contributed by atoms with Crippen molar-refractivity contribution in [3.63, 3.8) is 0 Å². The average molecular weight is 385 g/mol. The van der Waals surface area contributed by atoms with Crippen molar-refractivity contribution < 1.29 is 9.90 Å². The molecule has 1 aromatic rings. The fourth-order valence-electron chi connectivity index (χ4n) is 4.37. The fourth-order valence-corrected chi connectivity index (χ4v) is 4.37. The summed E-state index contributed by atoms with van der Waals surface area (Å²) < 4.78 is 0. The van der Waals surface area contributed by atoms with Crippen LogP contribution in [0.3, 0.4) is 0 Å². The van der Waals surface area contributed by atoms with E-state index in [0.29, 0.717) is 0 Å². The van der Waals surface area contributed by atoms with Crippen LogP contribution in [-0.4, -0.2) is 41.6 Å². The van der Waals surface area contributed by atoms with Crippen molar-refractivity contribution in [2.24, 2.45) is 5.92 Å². The number of piperidine rings is 1. The van der Waals surface area contributed by atoms with Crippen LogP contribution >= 0.6 is 0 Å². The molecule has 1 aliphatic heterocycles. The quantitative estimate of drug-likeness (QED) is 0.526. The molecular weight excluding hydrogens is 348 g/mol. The molecule has 3 rings (SSSR count). The maximum absolute atomic E-state index is 13.1. The number of likely N-dealkylation sites (tertiary alicyclic amines) is 1. The molecule has 4 nitrogen and oxygen atoms in total. The number of unbranched alkanes of at least 4 members (excludes halogenated alkanes) is 1. The molecule has 2 aliphatic rings. The molecule has 1 aromatic carbocycles. The SMILES string of the molecule is CC(C)=CCCCN1CCC(NC(=O)C(O)(c2ccccc2)C2CCC2)CC1. The van der Waals surface area contributed by atoms with E-state index >= 15 is 0 Å². The summed E-state index contributed by atoms with van der Waals surface area (Å²) in [5, 5.41) is 14.6. The lowest BCUT2D eigenvalue weighted by atomic mass is 9.69. The molecule has 0 bridgehead atoms. The smallest absolute Gasteiger partial charge is 0.257 e. The number of carbonyl (C=O) groups is 1. The van der Waals surface area contributed by atoms with E-state index in [0.717, 1.165) is 63.7 Å². The van der Waals surface area contributed by atoms with Crippen LogP contribution in [-0.2, 0) is 10.4 Å². The first kappa shape index (κ1) is 21.1. The molecule has 1 saturated heterocycles.